The van der Waals surface area contributed by atoms with Crippen molar-refractivity contribution in [1.29, 1.82) is 5.26 Å². The maximum atomic E-state index is 8.80. The van der Waals surface area contributed by atoms with E-state index in [0.29, 0.717) is 5.69 Å². The second-order valence-corrected chi connectivity index (χ2v) is 3.70. The van der Waals surface area contributed by atoms with Crippen LogP contribution in [0.15, 0.2) is 48.5 Å². The van der Waals surface area contributed by atoms with E-state index in [1.54, 1.807) is 6.07 Å². The predicted octanol–water partition coefficient (Wildman–Crippen LogP) is 3.26. The number of hydrogen-bond donors (Lipinski definition) is 0. The molecule has 0 aliphatic rings. The minimum absolute atomic E-state index is 0.461. The highest BCUT2D eigenvalue weighted by Gasteiger charge is 1.99. The standard InChI is InChI=1S/C14H8N2/c15-9-13-6-5-12-7-10-3-1-2-4-11(10)8-14(12)16-13/h1-8H. The van der Waals surface area contributed by atoms with E-state index in [-0.39, 0.29) is 0 Å². The predicted molar refractivity (Wildman–Crippen MR) is 64.0 cm³/mol. The average molecular weight is 204 g/mol. The molecule has 1 aromatic heterocycles. The first-order valence-electron chi connectivity index (χ1n) is 5.06. The largest absolute Gasteiger partial charge is 0.237 e. The fourth-order valence-electron chi connectivity index (χ4n) is 1.87. The van der Waals surface area contributed by atoms with Crippen LogP contribution in [0, 0.1) is 11.3 Å². The Morgan fingerprint density at radius 2 is 1.62 bits per heavy atom. The Morgan fingerprint density at radius 1 is 0.875 bits per heavy atom. The summed E-state index contributed by atoms with van der Waals surface area (Å²) in [6, 6.07) is 18.0. The molecule has 0 unspecified atom stereocenters. The smallest absolute Gasteiger partial charge is 0.141 e. The summed E-state index contributed by atoms with van der Waals surface area (Å²) in [5.74, 6) is 0. The molecule has 0 fully saturated rings. The quantitative estimate of drug-likeness (QED) is 0.527. The molecule has 0 bridgehead atoms. The Balaban J connectivity index is 2.43. The third-order valence-electron chi connectivity index (χ3n) is 2.67. The maximum Gasteiger partial charge on any atom is 0.141 e. The van der Waals surface area contributed by atoms with Crippen molar-refractivity contribution in [1.82, 2.24) is 4.98 Å². The molecule has 0 aliphatic carbocycles. The van der Waals surface area contributed by atoms with Crippen LogP contribution in [-0.4, -0.2) is 4.98 Å². The summed E-state index contributed by atoms with van der Waals surface area (Å²) >= 11 is 0. The van der Waals surface area contributed by atoms with Gasteiger partial charge in [-0.05, 0) is 35.0 Å². The number of nitriles is 1. The van der Waals surface area contributed by atoms with Crippen LogP contribution in [0.5, 0.6) is 0 Å². The second kappa shape index (κ2) is 3.32. The van der Waals surface area contributed by atoms with E-state index in [4.69, 9.17) is 5.26 Å². The lowest BCUT2D eigenvalue weighted by molar-refractivity contribution is 1.33. The molecule has 0 N–H and O–H groups in total. The molecule has 0 aliphatic heterocycles. The number of nitrogens with zero attached hydrogens (tertiary/aromatic N) is 2. The zero-order valence-electron chi connectivity index (χ0n) is 8.51. The van der Waals surface area contributed by atoms with Gasteiger partial charge in [0.05, 0.1) is 5.52 Å². The van der Waals surface area contributed by atoms with Gasteiger partial charge in [-0.2, -0.15) is 5.26 Å². The first-order chi connectivity index (χ1) is 7.86. The molecule has 2 nitrogen and oxygen atoms in total. The third-order valence-corrected chi connectivity index (χ3v) is 2.67. The van der Waals surface area contributed by atoms with Crippen LogP contribution in [0.4, 0.5) is 0 Å². The topological polar surface area (TPSA) is 36.7 Å². The van der Waals surface area contributed by atoms with Gasteiger partial charge in [-0.15, -0.1) is 0 Å². The van der Waals surface area contributed by atoms with Crippen molar-refractivity contribution < 1.29 is 0 Å². The van der Waals surface area contributed by atoms with Gasteiger partial charge in [-0.25, -0.2) is 4.98 Å². The van der Waals surface area contributed by atoms with Gasteiger partial charge in [-0.1, -0.05) is 24.3 Å². The lowest BCUT2D eigenvalue weighted by Crippen LogP contribution is -1.84. The normalized spacial score (nSPS) is 10.4. The molecule has 0 spiro atoms. The lowest BCUT2D eigenvalue weighted by Gasteiger charge is -2.01. The van der Waals surface area contributed by atoms with Gasteiger partial charge in [0.1, 0.15) is 11.8 Å². The highest BCUT2D eigenvalue weighted by atomic mass is 14.7. The Labute approximate surface area is 92.8 Å². The molecule has 0 atom stereocenters. The molecule has 3 aromatic rings. The van der Waals surface area contributed by atoms with Crippen LogP contribution in [-0.2, 0) is 0 Å². The maximum absolute atomic E-state index is 8.80. The van der Waals surface area contributed by atoms with Gasteiger partial charge in [-0.3, -0.25) is 0 Å². The van der Waals surface area contributed by atoms with Crippen LogP contribution >= 0.6 is 0 Å². The monoisotopic (exact) mass is 204 g/mol. The molecular weight excluding hydrogens is 196 g/mol. The number of benzene rings is 2. The second-order valence-electron chi connectivity index (χ2n) is 3.70. The molecule has 2 heteroatoms. The molecule has 0 radical (unpaired) electrons. The summed E-state index contributed by atoms with van der Waals surface area (Å²) in [6.07, 6.45) is 0. The first-order valence-corrected chi connectivity index (χ1v) is 5.06. The van der Waals surface area contributed by atoms with Crippen molar-refractivity contribution in [2.24, 2.45) is 0 Å². The van der Waals surface area contributed by atoms with E-state index in [9.17, 15) is 0 Å². The van der Waals surface area contributed by atoms with E-state index in [1.165, 1.54) is 5.39 Å². The summed E-state index contributed by atoms with van der Waals surface area (Å²) in [4.78, 5) is 4.28. The van der Waals surface area contributed by atoms with Gasteiger partial charge in [0.15, 0.2) is 0 Å². The Bertz CT molecular complexity index is 723. The summed E-state index contributed by atoms with van der Waals surface area (Å²) < 4.78 is 0. The van der Waals surface area contributed by atoms with E-state index in [2.05, 4.69) is 29.3 Å². The van der Waals surface area contributed by atoms with Crippen molar-refractivity contribution in [3.8, 4) is 6.07 Å². The number of pyridine rings is 1. The molecule has 0 saturated carbocycles. The Morgan fingerprint density at radius 3 is 2.38 bits per heavy atom. The van der Waals surface area contributed by atoms with Gasteiger partial charge in [0.2, 0.25) is 0 Å². The van der Waals surface area contributed by atoms with E-state index in [1.807, 2.05) is 24.3 Å². The van der Waals surface area contributed by atoms with Gasteiger partial charge < -0.3 is 0 Å². The SMILES string of the molecule is N#Cc1ccc2cc3ccccc3cc2n1. The minimum Gasteiger partial charge on any atom is -0.237 e. The lowest BCUT2D eigenvalue weighted by atomic mass is 10.1. The molecule has 0 saturated heterocycles. The number of hydrogen-bond acceptors (Lipinski definition) is 2. The fraction of sp³-hybridized carbons (Fsp3) is 0. The van der Waals surface area contributed by atoms with Crippen molar-refractivity contribution in [3.63, 3.8) is 0 Å². The van der Waals surface area contributed by atoms with Gasteiger partial charge in [0, 0.05) is 5.39 Å². The van der Waals surface area contributed by atoms with Crippen molar-refractivity contribution in [2.75, 3.05) is 0 Å². The highest BCUT2D eigenvalue weighted by Crippen LogP contribution is 2.21. The Hall–Kier alpha value is -2.40. The molecular formula is C14H8N2. The zero-order chi connectivity index (χ0) is 11.0. The zero-order valence-corrected chi connectivity index (χ0v) is 8.51. The Kier molecular flexibility index (Phi) is 1.84. The molecule has 74 valence electrons. The highest BCUT2D eigenvalue weighted by molar-refractivity contribution is 5.96. The van der Waals surface area contributed by atoms with Crippen molar-refractivity contribution >= 4 is 21.7 Å². The average Bonchev–Trinajstić information content (AvgIpc) is 2.35. The van der Waals surface area contributed by atoms with Crippen LogP contribution < -0.4 is 0 Å². The van der Waals surface area contributed by atoms with E-state index >= 15 is 0 Å². The molecule has 16 heavy (non-hydrogen) atoms. The van der Waals surface area contributed by atoms with Crippen LogP contribution in [0.25, 0.3) is 21.7 Å². The van der Waals surface area contributed by atoms with E-state index in [0.717, 1.165) is 16.3 Å². The fourth-order valence-corrected chi connectivity index (χ4v) is 1.87. The number of fused-ring (bicyclic) bond motifs is 2. The summed E-state index contributed by atoms with van der Waals surface area (Å²) in [6.45, 7) is 0. The molecule has 2 aromatic carbocycles. The van der Waals surface area contributed by atoms with Crippen LogP contribution in [0.2, 0.25) is 0 Å². The number of rotatable bonds is 0. The summed E-state index contributed by atoms with van der Waals surface area (Å²) in [7, 11) is 0. The van der Waals surface area contributed by atoms with Gasteiger partial charge in [0.25, 0.3) is 0 Å². The third kappa shape index (κ3) is 1.31. The van der Waals surface area contributed by atoms with E-state index < -0.39 is 0 Å². The minimum atomic E-state index is 0.461. The summed E-state index contributed by atoms with van der Waals surface area (Å²) in [5, 5.41) is 12.2. The molecule has 3 rings (SSSR count). The molecule has 0 amide bonds. The summed E-state index contributed by atoms with van der Waals surface area (Å²) in [5.41, 5.74) is 1.33. The van der Waals surface area contributed by atoms with Crippen LogP contribution in [0.3, 0.4) is 0 Å². The van der Waals surface area contributed by atoms with Crippen molar-refractivity contribution in [3.05, 3.63) is 54.2 Å². The number of aromatic nitrogens is 1. The van der Waals surface area contributed by atoms with Crippen LogP contribution in [0.1, 0.15) is 5.69 Å². The van der Waals surface area contributed by atoms with Crippen molar-refractivity contribution in [2.45, 2.75) is 0 Å². The molecule has 1 heterocycles. The first kappa shape index (κ1) is 8.87. The van der Waals surface area contributed by atoms with Gasteiger partial charge >= 0.3 is 0 Å².